The van der Waals surface area contributed by atoms with Crippen LogP contribution in [0, 0.1) is 17.8 Å². The Balaban J connectivity index is 1.48. The van der Waals surface area contributed by atoms with Crippen molar-refractivity contribution < 1.29 is 0 Å². The van der Waals surface area contributed by atoms with Crippen molar-refractivity contribution in [3.63, 3.8) is 0 Å². The van der Waals surface area contributed by atoms with E-state index in [1.165, 1.54) is 38.5 Å². The molecule has 0 spiro atoms. The van der Waals surface area contributed by atoms with Crippen molar-refractivity contribution in [2.75, 3.05) is 5.73 Å². The number of benzene rings is 1. The van der Waals surface area contributed by atoms with Gasteiger partial charge in [0.1, 0.15) is 11.3 Å². The number of hydrogen-bond acceptors (Lipinski definition) is 4. The molecular formula is C22H25N5O. The second-order valence-corrected chi connectivity index (χ2v) is 9.33. The van der Waals surface area contributed by atoms with Gasteiger partial charge in [0.25, 0.3) is 0 Å². The molecule has 4 fully saturated rings. The number of rotatable bonds is 3. The first-order valence-corrected chi connectivity index (χ1v) is 10.4. The van der Waals surface area contributed by atoms with Crippen molar-refractivity contribution >= 4 is 17.0 Å². The Labute approximate surface area is 163 Å². The fourth-order valence-corrected chi connectivity index (χ4v) is 6.59. The smallest absolute Gasteiger partial charge is 0.328 e. The van der Waals surface area contributed by atoms with Gasteiger partial charge in [-0.25, -0.2) is 14.8 Å². The van der Waals surface area contributed by atoms with E-state index in [9.17, 15) is 4.79 Å². The average Bonchev–Trinajstić information content (AvgIpc) is 2.98. The Morgan fingerprint density at radius 1 is 1.04 bits per heavy atom. The molecule has 0 aliphatic heterocycles. The van der Waals surface area contributed by atoms with Crippen molar-refractivity contribution in [2.45, 2.75) is 50.5 Å². The van der Waals surface area contributed by atoms with E-state index in [2.05, 4.69) is 4.98 Å². The first kappa shape index (κ1) is 16.3. The predicted octanol–water partition coefficient (Wildman–Crippen LogP) is 3.22. The Morgan fingerprint density at radius 3 is 2.32 bits per heavy atom. The van der Waals surface area contributed by atoms with Gasteiger partial charge >= 0.3 is 5.69 Å². The molecule has 0 amide bonds. The van der Waals surface area contributed by atoms with Crippen molar-refractivity contribution in [1.29, 1.82) is 0 Å². The maximum atomic E-state index is 12.6. The van der Waals surface area contributed by atoms with Crippen molar-refractivity contribution in [3.05, 3.63) is 52.2 Å². The maximum Gasteiger partial charge on any atom is 0.328 e. The van der Waals surface area contributed by atoms with Crippen LogP contribution in [0.2, 0.25) is 0 Å². The van der Waals surface area contributed by atoms with Gasteiger partial charge in [-0.15, -0.1) is 0 Å². The number of hydrogen-bond donors (Lipinski definition) is 2. The largest absolute Gasteiger partial charge is 0.382 e. The van der Waals surface area contributed by atoms with E-state index in [1.54, 1.807) is 4.57 Å². The van der Waals surface area contributed by atoms with Crippen molar-refractivity contribution in [1.82, 2.24) is 19.5 Å². The molecule has 2 heterocycles. The summed E-state index contributed by atoms with van der Waals surface area (Å²) in [6.45, 7) is 0.483. The van der Waals surface area contributed by atoms with Gasteiger partial charge < -0.3 is 10.7 Å². The standard InChI is InChI=1S/C22H25N5O/c23-18-17-19(27(21(28)24-17)12-13-4-2-1-3-5-13)26-20(25-18)22-9-14-6-15(10-22)8-16(7-14)11-22/h1-5,14-16H,6-12H2,(H,24,28)(H2,23,25,26). The van der Waals surface area contributed by atoms with Crippen LogP contribution < -0.4 is 11.4 Å². The lowest BCUT2D eigenvalue weighted by Crippen LogP contribution is -2.49. The molecule has 4 aliphatic rings. The molecule has 4 aliphatic carbocycles. The molecular weight excluding hydrogens is 350 g/mol. The summed E-state index contributed by atoms with van der Waals surface area (Å²) >= 11 is 0. The number of nitrogens with one attached hydrogen (secondary N) is 1. The van der Waals surface area contributed by atoms with Gasteiger partial charge in [-0.2, -0.15) is 0 Å². The van der Waals surface area contributed by atoms with Crippen LogP contribution in [0.1, 0.15) is 49.9 Å². The zero-order chi connectivity index (χ0) is 18.9. The molecule has 0 unspecified atom stereocenters. The van der Waals surface area contributed by atoms with Crippen LogP contribution in [0.4, 0.5) is 5.82 Å². The zero-order valence-corrected chi connectivity index (χ0v) is 15.9. The first-order chi connectivity index (χ1) is 13.6. The van der Waals surface area contributed by atoms with Crippen LogP contribution in [0.3, 0.4) is 0 Å². The number of fused-ring (bicyclic) bond motifs is 1. The summed E-state index contributed by atoms with van der Waals surface area (Å²) in [6, 6.07) is 10.00. The van der Waals surface area contributed by atoms with Gasteiger partial charge in [0, 0.05) is 5.41 Å². The summed E-state index contributed by atoms with van der Waals surface area (Å²) in [4.78, 5) is 25.2. The van der Waals surface area contributed by atoms with Crippen LogP contribution in [-0.2, 0) is 12.0 Å². The number of imidazole rings is 1. The van der Waals surface area contributed by atoms with Crippen molar-refractivity contribution in [3.8, 4) is 0 Å². The van der Waals surface area contributed by atoms with E-state index in [-0.39, 0.29) is 11.1 Å². The molecule has 6 nitrogen and oxygen atoms in total. The fourth-order valence-electron chi connectivity index (χ4n) is 6.59. The molecule has 0 atom stereocenters. The van der Waals surface area contributed by atoms with E-state index < -0.39 is 0 Å². The third-order valence-electron chi connectivity index (χ3n) is 7.35. The molecule has 7 rings (SSSR count). The minimum atomic E-state index is -0.178. The second kappa shape index (κ2) is 5.69. The topological polar surface area (TPSA) is 89.6 Å². The van der Waals surface area contributed by atoms with Gasteiger partial charge in [0.2, 0.25) is 0 Å². The highest BCUT2D eigenvalue weighted by molar-refractivity contribution is 5.81. The Morgan fingerprint density at radius 2 is 1.68 bits per heavy atom. The van der Waals surface area contributed by atoms with E-state index in [1.807, 2.05) is 30.3 Å². The van der Waals surface area contributed by atoms with E-state index in [0.717, 1.165) is 29.1 Å². The summed E-state index contributed by atoms with van der Waals surface area (Å²) in [5.41, 5.74) is 8.47. The van der Waals surface area contributed by atoms with Crippen LogP contribution in [0.25, 0.3) is 11.2 Å². The van der Waals surface area contributed by atoms with Gasteiger partial charge in [-0.3, -0.25) is 4.57 Å². The van der Waals surface area contributed by atoms with E-state index in [4.69, 9.17) is 15.7 Å². The maximum absolute atomic E-state index is 12.6. The number of nitrogen functional groups attached to an aromatic ring is 1. The Hall–Kier alpha value is -2.63. The van der Waals surface area contributed by atoms with Crippen LogP contribution >= 0.6 is 0 Å². The fraction of sp³-hybridized carbons (Fsp3) is 0.500. The molecule has 144 valence electrons. The highest BCUT2D eigenvalue weighted by Gasteiger charge is 2.53. The van der Waals surface area contributed by atoms with E-state index in [0.29, 0.717) is 23.5 Å². The third kappa shape index (κ3) is 2.36. The monoisotopic (exact) mass is 375 g/mol. The molecule has 2 aromatic heterocycles. The van der Waals surface area contributed by atoms with E-state index >= 15 is 0 Å². The van der Waals surface area contributed by atoms with Crippen LogP contribution in [0.5, 0.6) is 0 Å². The average molecular weight is 375 g/mol. The predicted molar refractivity (Wildman–Crippen MR) is 108 cm³/mol. The second-order valence-electron chi connectivity index (χ2n) is 9.33. The number of aromatic nitrogens is 4. The highest BCUT2D eigenvalue weighted by Crippen LogP contribution is 2.60. The summed E-state index contributed by atoms with van der Waals surface area (Å²) in [5.74, 6) is 3.70. The summed E-state index contributed by atoms with van der Waals surface area (Å²) in [7, 11) is 0. The minimum absolute atomic E-state index is 0.0575. The molecule has 0 saturated heterocycles. The zero-order valence-electron chi connectivity index (χ0n) is 15.9. The van der Waals surface area contributed by atoms with Gasteiger partial charge in [-0.05, 0) is 61.8 Å². The molecule has 4 saturated carbocycles. The minimum Gasteiger partial charge on any atom is -0.382 e. The Kier molecular flexibility index (Phi) is 3.32. The Bertz CT molecular complexity index is 1080. The summed E-state index contributed by atoms with van der Waals surface area (Å²) in [6.07, 6.45) is 7.66. The van der Waals surface area contributed by atoms with Gasteiger partial charge in [0.05, 0.1) is 6.54 Å². The van der Waals surface area contributed by atoms with Crippen LogP contribution in [-0.4, -0.2) is 19.5 Å². The summed E-state index contributed by atoms with van der Waals surface area (Å²) in [5, 5.41) is 0. The molecule has 3 aromatic rings. The molecule has 28 heavy (non-hydrogen) atoms. The van der Waals surface area contributed by atoms with Crippen molar-refractivity contribution in [2.24, 2.45) is 17.8 Å². The third-order valence-corrected chi connectivity index (χ3v) is 7.35. The van der Waals surface area contributed by atoms with Gasteiger partial charge in [0.15, 0.2) is 11.5 Å². The number of nitrogens with zero attached hydrogens (tertiary/aromatic N) is 3. The normalized spacial score (nSPS) is 30.9. The molecule has 4 bridgehead atoms. The number of nitrogens with two attached hydrogens (primary N) is 1. The molecule has 3 N–H and O–H groups in total. The molecule has 1 aromatic carbocycles. The molecule has 6 heteroatoms. The quantitative estimate of drug-likeness (QED) is 0.735. The number of aromatic amines is 1. The number of anilines is 1. The first-order valence-electron chi connectivity index (χ1n) is 10.4. The SMILES string of the molecule is Nc1nc(C23CC4CC(CC(C4)C2)C3)nc2c1[nH]c(=O)n2Cc1ccccc1. The van der Waals surface area contributed by atoms with Crippen LogP contribution in [0.15, 0.2) is 35.1 Å². The summed E-state index contributed by atoms with van der Waals surface area (Å²) < 4.78 is 1.70. The lowest BCUT2D eigenvalue weighted by Gasteiger charge is -2.55. The number of H-pyrrole nitrogens is 1. The lowest BCUT2D eigenvalue weighted by molar-refractivity contribution is -0.00919. The molecule has 0 radical (unpaired) electrons. The van der Waals surface area contributed by atoms with Gasteiger partial charge in [-0.1, -0.05) is 30.3 Å². The lowest BCUT2D eigenvalue weighted by atomic mass is 9.49. The highest BCUT2D eigenvalue weighted by atomic mass is 16.1.